The van der Waals surface area contributed by atoms with Crippen molar-refractivity contribution >= 4 is 35.6 Å². The molecule has 0 saturated carbocycles. The molecular formula is C23H29N3O9S. The molecule has 2 heterocycles. The first kappa shape index (κ1) is 27.3. The molecule has 1 unspecified atom stereocenters. The number of aliphatic hydroxyl groups is 1. The lowest BCUT2D eigenvalue weighted by Crippen LogP contribution is -2.71. The topological polar surface area (TPSA) is 175 Å². The number of methoxy groups -OCH3 is 1. The SMILES string of the molecule is COCC1=C(C(=O)O)N2C(=O)C(NC(=O)[C@H](NC(=O)OC(C)(C)C)c3ccc(CO)c(O)c3)[C@@H]2SC1. The number of carbonyl (C=O) groups excluding carboxylic acids is 3. The van der Waals surface area contributed by atoms with Crippen LogP contribution in [0.5, 0.6) is 5.75 Å². The van der Waals surface area contributed by atoms with E-state index in [0.717, 1.165) is 4.90 Å². The summed E-state index contributed by atoms with van der Waals surface area (Å²) in [7, 11) is 1.42. The minimum Gasteiger partial charge on any atom is -0.508 e. The summed E-state index contributed by atoms with van der Waals surface area (Å²) in [6.45, 7) is 4.57. The van der Waals surface area contributed by atoms with Gasteiger partial charge in [0.05, 0.1) is 13.2 Å². The molecule has 2 aliphatic heterocycles. The molecule has 3 amide bonds. The maximum Gasteiger partial charge on any atom is 0.408 e. The fraction of sp³-hybridized carbons (Fsp3) is 0.478. The highest BCUT2D eigenvalue weighted by Crippen LogP contribution is 2.40. The van der Waals surface area contributed by atoms with Gasteiger partial charge in [-0.05, 0) is 38.0 Å². The lowest BCUT2D eigenvalue weighted by molar-refractivity contribution is -0.151. The first-order chi connectivity index (χ1) is 16.9. The van der Waals surface area contributed by atoms with Crippen LogP contribution in [0.3, 0.4) is 0 Å². The number of nitrogens with one attached hydrogen (secondary N) is 2. The molecule has 12 nitrogen and oxygen atoms in total. The van der Waals surface area contributed by atoms with Gasteiger partial charge in [-0.15, -0.1) is 11.8 Å². The average molecular weight is 524 g/mol. The summed E-state index contributed by atoms with van der Waals surface area (Å²) in [6.07, 6.45) is -0.901. The van der Waals surface area contributed by atoms with E-state index in [4.69, 9.17) is 9.47 Å². The summed E-state index contributed by atoms with van der Waals surface area (Å²) in [5.74, 6) is -2.63. The molecule has 196 valence electrons. The number of thioether (sulfide) groups is 1. The summed E-state index contributed by atoms with van der Waals surface area (Å²) in [6, 6.07) is 1.68. The number of hydrogen-bond donors (Lipinski definition) is 5. The molecule has 0 aliphatic carbocycles. The van der Waals surface area contributed by atoms with Crippen LogP contribution in [0.2, 0.25) is 0 Å². The molecule has 0 spiro atoms. The van der Waals surface area contributed by atoms with Crippen molar-refractivity contribution in [3.05, 3.63) is 40.6 Å². The highest BCUT2D eigenvalue weighted by atomic mass is 32.2. The molecular weight excluding hydrogens is 494 g/mol. The minimum absolute atomic E-state index is 0.0529. The van der Waals surface area contributed by atoms with E-state index in [0.29, 0.717) is 11.3 Å². The number of rotatable bonds is 8. The van der Waals surface area contributed by atoms with Gasteiger partial charge in [0.25, 0.3) is 5.91 Å². The highest BCUT2D eigenvalue weighted by Gasteiger charge is 2.54. The molecule has 1 saturated heterocycles. The first-order valence-electron chi connectivity index (χ1n) is 11.0. The number of ether oxygens (including phenoxy) is 2. The fourth-order valence-electron chi connectivity index (χ4n) is 3.82. The molecule has 36 heavy (non-hydrogen) atoms. The second kappa shape index (κ2) is 10.8. The zero-order chi connectivity index (χ0) is 26.8. The number of aliphatic carboxylic acids is 1. The summed E-state index contributed by atoms with van der Waals surface area (Å²) >= 11 is 1.28. The normalized spacial score (nSPS) is 20.2. The van der Waals surface area contributed by atoms with Crippen LogP contribution in [-0.2, 0) is 30.5 Å². The number of carbonyl (C=O) groups is 4. The minimum atomic E-state index is -1.35. The maximum atomic E-state index is 13.3. The third kappa shape index (κ3) is 5.74. The van der Waals surface area contributed by atoms with Gasteiger partial charge >= 0.3 is 12.1 Å². The van der Waals surface area contributed by atoms with Crippen molar-refractivity contribution in [2.24, 2.45) is 0 Å². The largest absolute Gasteiger partial charge is 0.508 e. The van der Waals surface area contributed by atoms with Crippen LogP contribution in [0.1, 0.15) is 37.9 Å². The van der Waals surface area contributed by atoms with Crippen LogP contribution in [0, 0.1) is 0 Å². The van der Waals surface area contributed by atoms with Crippen molar-refractivity contribution in [2.45, 2.75) is 50.4 Å². The van der Waals surface area contributed by atoms with Crippen LogP contribution in [0.4, 0.5) is 4.79 Å². The van der Waals surface area contributed by atoms with Crippen molar-refractivity contribution in [3.63, 3.8) is 0 Å². The van der Waals surface area contributed by atoms with Gasteiger partial charge in [0, 0.05) is 18.4 Å². The van der Waals surface area contributed by atoms with Crippen LogP contribution < -0.4 is 10.6 Å². The van der Waals surface area contributed by atoms with Crippen LogP contribution in [-0.4, -0.2) is 80.6 Å². The van der Waals surface area contributed by atoms with Gasteiger partial charge in [-0.2, -0.15) is 0 Å². The molecule has 3 rings (SSSR count). The Morgan fingerprint density at radius 1 is 1.28 bits per heavy atom. The van der Waals surface area contributed by atoms with Gasteiger partial charge < -0.3 is 35.4 Å². The Morgan fingerprint density at radius 3 is 2.53 bits per heavy atom. The van der Waals surface area contributed by atoms with E-state index < -0.39 is 53.5 Å². The number of fused-ring (bicyclic) bond motifs is 1. The smallest absolute Gasteiger partial charge is 0.408 e. The monoisotopic (exact) mass is 523 g/mol. The molecule has 1 aromatic carbocycles. The molecule has 0 bridgehead atoms. The van der Waals surface area contributed by atoms with Gasteiger partial charge in [-0.25, -0.2) is 9.59 Å². The third-order valence-corrected chi connectivity index (χ3v) is 6.74. The zero-order valence-electron chi connectivity index (χ0n) is 20.2. The molecule has 0 radical (unpaired) electrons. The summed E-state index contributed by atoms with van der Waals surface area (Å²) in [5.41, 5.74) is -0.159. The molecule has 3 atom stereocenters. The third-order valence-electron chi connectivity index (χ3n) is 5.40. The number of amides is 3. The van der Waals surface area contributed by atoms with Crippen LogP contribution in [0.15, 0.2) is 29.5 Å². The number of benzene rings is 1. The van der Waals surface area contributed by atoms with Crippen molar-refractivity contribution in [2.75, 3.05) is 19.5 Å². The van der Waals surface area contributed by atoms with E-state index in [1.165, 1.54) is 37.1 Å². The van der Waals surface area contributed by atoms with E-state index in [2.05, 4.69) is 10.6 Å². The van der Waals surface area contributed by atoms with Gasteiger partial charge in [-0.3, -0.25) is 14.5 Å². The lowest BCUT2D eigenvalue weighted by Gasteiger charge is -2.49. The number of aromatic hydroxyl groups is 1. The number of β-lactam (4-membered cyclic amide) rings is 1. The van der Waals surface area contributed by atoms with E-state index in [1.54, 1.807) is 20.8 Å². The number of carboxylic acid groups (broad SMARTS) is 1. The van der Waals surface area contributed by atoms with Crippen molar-refractivity contribution in [1.82, 2.24) is 15.5 Å². The van der Waals surface area contributed by atoms with Gasteiger partial charge in [0.2, 0.25) is 5.91 Å². The van der Waals surface area contributed by atoms with Crippen molar-refractivity contribution < 1.29 is 44.0 Å². The Labute approximate surface area is 211 Å². The Kier molecular flexibility index (Phi) is 8.16. The Hall–Kier alpha value is -3.29. The van der Waals surface area contributed by atoms with E-state index in [9.17, 15) is 34.5 Å². The van der Waals surface area contributed by atoms with E-state index in [-0.39, 0.29) is 29.2 Å². The summed E-state index contributed by atoms with van der Waals surface area (Å²) in [4.78, 5) is 51.5. The number of phenols is 1. The van der Waals surface area contributed by atoms with E-state index >= 15 is 0 Å². The first-order valence-corrected chi connectivity index (χ1v) is 12.0. The standard InChI is InChI=1S/C23H29N3O9S/c1-23(2,3)35-22(33)25-15(11-5-6-12(8-27)14(28)7-11)18(29)24-16-19(30)26-17(21(31)32)13(9-34-4)10-36-20(16)26/h5-7,15-16,20,27-28H,8-10H2,1-4H3,(H,24,29)(H,25,33)(H,31,32)/t15-,16?,20+/m1/s1. The number of carboxylic acids is 1. The van der Waals surface area contributed by atoms with E-state index in [1.807, 2.05) is 0 Å². The Balaban J connectivity index is 1.84. The van der Waals surface area contributed by atoms with Crippen molar-refractivity contribution in [3.8, 4) is 5.75 Å². The Bertz CT molecular complexity index is 1100. The molecule has 5 N–H and O–H groups in total. The zero-order valence-corrected chi connectivity index (χ0v) is 21.0. The summed E-state index contributed by atoms with van der Waals surface area (Å²) in [5, 5.41) is 33.5. The second-order valence-corrected chi connectivity index (χ2v) is 10.3. The molecule has 1 fully saturated rings. The highest BCUT2D eigenvalue weighted by molar-refractivity contribution is 8.00. The fourth-order valence-corrected chi connectivity index (χ4v) is 5.15. The number of hydrogen-bond acceptors (Lipinski definition) is 9. The van der Waals surface area contributed by atoms with Gasteiger partial charge in [0.1, 0.15) is 34.5 Å². The molecule has 0 aromatic heterocycles. The maximum absolute atomic E-state index is 13.3. The van der Waals surface area contributed by atoms with Gasteiger partial charge in [0.15, 0.2) is 0 Å². The van der Waals surface area contributed by atoms with Crippen LogP contribution >= 0.6 is 11.8 Å². The second-order valence-electron chi connectivity index (χ2n) is 9.21. The number of aliphatic hydroxyl groups excluding tert-OH is 1. The predicted molar refractivity (Wildman–Crippen MR) is 128 cm³/mol. The Morgan fingerprint density at radius 2 is 1.97 bits per heavy atom. The van der Waals surface area contributed by atoms with Crippen LogP contribution in [0.25, 0.3) is 0 Å². The summed E-state index contributed by atoms with van der Waals surface area (Å²) < 4.78 is 10.3. The molecule has 1 aromatic rings. The molecule has 2 aliphatic rings. The lowest BCUT2D eigenvalue weighted by atomic mass is 10.00. The van der Waals surface area contributed by atoms with Gasteiger partial charge in [-0.1, -0.05) is 12.1 Å². The predicted octanol–water partition coefficient (Wildman–Crippen LogP) is 0.835. The average Bonchev–Trinajstić information content (AvgIpc) is 2.79. The quantitative estimate of drug-likeness (QED) is 0.307. The number of nitrogens with zero attached hydrogens (tertiary/aromatic N) is 1. The number of alkyl carbamates (subject to hydrolysis) is 1. The van der Waals surface area contributed by atoms with Crippen molar-refractivity contribution in [1.29, 1.82) is 0 Å². The molecule has 13 heteroatoms.